The molecule has 0 aliphatic heterocycles. The van der Waals surface area contributed by atoms with Crippen molar-refractivity contribution in [2.24, 2.45) is 0 Å². The smallest absolute Gasteiger partial charge is 0.213 e. The normalized spacial score (nSPS) is 10.3. The molecule has 0 spiro atoms. The van der Waals surface area contributed by atoms with Gasteiger partial charge in [0, 0.05) is 25.9 Å². The average Bonchev–Trinajstić information content (AvgIpc) is 2.03. The fourth-order valence-corrected chi connectivity index (χ4v) is 0.925. The van der Waals surface area contributed by atoms with E-state index in [4.69, 9.17) is 9.94 Å². The first-order chi connectivity index (χ1) is 5.72. The van der Waals surface area contributed by atoms with Gasteiger partial charge in [-0.1, -0.05) is 0 Å². The van der Waals surface area contributed by atoms with E-state index < -0.39 is 0 Å². The molecule has 4 nitrogen and oxygen atoms in total. The number of nitrogens with zero attached hydrogens (tertiary/aromatic N) is 2. The van der Waals surface area contributed by atoms with E-state index >= 15 is 0 Å². The number of rotatable bonds is 3. The van der Waals surface area contributed by atoms with Gasteiger partial charge < -0.3 is 9.94 Å². The zero-order valence-electron chi connectivity index (χ0n) is 7.19. The second-order valence-corrected chi connectivity index (χ2v) is 2.52. The van der Waals surface area contributed by atoms with Crippen LogP contribution in [0.3, 0.4) is 0 Å². The summed E-state index contributed by atoms with van der Waals surface area (Å²) in [5.41, 5.74) is 0.965. The van der Waals surface area contributed by atoms with Crippen LogP contribution in [-0.4, -0.2) is 29.4 Å². The predicted octanol–water partition coefficient (Wildman–Crippen LogP) is 0.911. The van der Waals surface area contributed by atoms with Crippen molar-refractivity contribution in [1.29, 1.82) is 0 Å². The van der Waals surface area contributed by atoms with Gasteiger partial charge in [-0.05, 0) is 11.6 Å². The number of aromatic nitrogens is 1. The van der Waals surface area contributed by atoms with Crippen LogP contribution in [0.2, 0.25) is 0 Å². The Kier molecular flexibility index (Phi) is 3.01. The molecule has 0 atom stereocenters. The summed E-state index contributed by atoms with van der Waals surface area (Å²) in [6, 6.07) is 3.61. The van der Waals surface area contributed by atoms with Crippen LogP contribution in [0.1, 0.15) is 5.56 Å². The molecule has 1 heterocycles. The third kappa shape index (κ3) is 2.48. The van der Waals surface area contributed by atoms with E-state index in [1.807, 2.05) is 6.07 Å². The van der Waals surface area contributed by atoms with Gasteiger partial charge in [0.25, 0.3) is 0 Å². The molecular formula is C8H12N2O2. The van der Waals surface area contributed by atoms with Crippen molar-refractivity contribution in [3.63, 3.8) is 0 Å². The lowest BCUT2D eigenvalue weighted by Gasteiger charge is -2.07. The van der Waals surface area contributed by atoms with Gasteiger partial charge in [-0.25, -0.2) is 4.98 Å². The van der Waals surface area contributed by atoms with Crippen LogP contribution in [0.25, 0.3) is 0 Å². The maximum Gasteiger partial charge on any atom is 0.213 e. The zero-order valence-corrected chi connectivity index (χ0v) is 7.19. The van der Waals surface area contributed by atoms with E-state index in [0.717, 1.165) is 10.6 Å². The van der Waals surface area contributed by atoms with Crippen LogP contribution in [0.15, 0.2) is 18.3 Å². The maximum absolute atomic E-state index is 8.94. The number of pyridine rings is 1. The Labute approximate surface area is 71.4 Å². The SMILES string of the molecule is COc1cc(CN(C)O)ccn1. The lowest BCUT2D eigenvalue weighted by molar-refractivity contribution is -0.0731. The number of methoxy groups -OCH3 is 1. The predicted molar refractivity (Wildman–Crippen MR) is 44.0 cm³/mol. The minimum absolute atomic E-state index is 0.471. The highest BCUT2D eigenvalue weighted by atomic mass is 16.5. The van der Waals surface area contributed by atoms with Gasteiger partial charge in [-0.3, -0.25) is 0 Å². The quantitative estimate of drug-likeness (QED) is 0.681. The Morgan fingerprint density at radius 2 is 2.42 bits per heavy atom. The molecule has 0 aliphatic rings. The molecule has 0 unspecified atom stereocenters. The summed E-state index contributed by atoms with van der Waals surface area (Å²) >= 11 is 0. The Morgan fingerprint density at radius 3 is 3.00 bits per heavy atom. The number of hydroxylamine groups is 2. The van der Waals surface area contributed by atoms with Gasteiger partial charge in [0.1, 0.15) is 0 Å². The summed E-state index contributed by atoms with van der Waals surface area (Å²) in [6.45, 7) is 0.471. The molecule has 0 aromatic carbocycles. The van der Waals surface area contributed by atoms with Crippen molar-refractivity contribution in [2.75, 3.05) is 14.2 Å². The third-order valence-corrected chi connectivity index (χ3v) is 1.42. The lowest BCUT2D eigenvalue weighted by Crippen LogP contribution is -2.11. The van der Waals surface area contributed by atoms with E-state index in [1.165, 1.54) is 0 Å². The summed E-state index contributed by atoms with van der Waals surface area (Å²) in [5, 5.41) is 10.0. The minimum atomic E-state index is 0.471. The second-order valence-electron chi connectivity index (χ2n) is 2.52. The summed E-state index contributed by atoms with van der Waals surface area (Å²) < 4.78 is 4.93. The highest BCUT2D eigenvalue weighted by Gasteiger charge is 1.98. The van der Waals surface area contributed by atoms with Gasteiger partial charge in [-0.15, -0.1) is 0 Å². The summed E-state index contributed by atoms with van der Waals surface area (Å²) in [7, 11) is 3.15. The van der Waals surface area contributed by atoms with Gasteiger partial charge >= 0.3 is 0 Å². The first kappa shape index (κ1) is 8.96. The molecule has 1 N–H and O–H groups in total. The third-order valence-electron chi connectivity index (χ3n) is 1.42. The number of hydrogen-bond acceptors (Lipinski definition) is 4. The van der Waals surface area contributed by atoms with Crippen molar-refractivity contribution in [3.05, 3.63) is 23.9 Å². The summed E-state index contributed by atoms with van der Waals surface area (Å²) in [6.07, 6.45) is 1.65. The van der Waals surface area contributed by atoms with Crippen molar-refractivity contribution < 1.29 is 9.94 Å². The van der Waals surface area contributed by atoms with Crippen LogP contribution in [-0.2, 0) is 6.54 Å². The molecule has 1 rings (SSSR count). The average molecular weight is 168 g/mol. The first-order valence-corrected chi connectivity index (χ1v) is 3.61. The molecule has 0 saturated carbocycles. The maximum atomic E-state index is 8.94. The van der Waals surface area contributed by atoms with Crippen LogP contribution >= 0.6 is 0 Å². The molecule has 0 amide bonds. The van der Waals surface area contributed by atoms with E-state index in [-0.39, 0.29) is 0 Å². The van der Waals surface area contributed by atoms with Crippen LogP contribution in [0.4, 0.5) is 0 Å². The van der Waals surface area contributed by atoms with Gasteiger partial charge in [-0.2, -0.15) is 5.06 Å². The minimum Gasteiger partial charge on any atom is -0.481 e. The zero-order chi connectivity index (χ0) is 8.97. The van der Waals surface area contributed by atoms with Crippen molar-refractivity contribution >= 4 is 0 Å². The molecule has 66 valence electrons. The summed E-state index contributed by atoms with van der Waals surface area (Å²) in [5.74, 6) is 0.564. The highest BCUT2D eigenvalue weighted by molar-refractivity contribution is 5.19. The Balaban J connectivity index is 2.72. The second kappa shape index (κ2) is 4.04. The van der Waals surface area contributed by atoms with Crippen molar-refractivity contribution in [1.82, 2.24) is 10.0 Å². The van der Waals surface area contributed by atoms with Gasteiger partial charge in [0.2, 0.25) is 5.88 Å². The van der Waals surface area contributed by atoms with Gasteiger partial charge in [0.05, 0.1) is 7.11 Å². The van der Waals surface area contributed by atoms with E-state index in [9.17, 15) is 0 Å². The molecule has 0 bridgehead atoms. The molecule has 0 fully saturated rings. The fraction of sp³-hybridized carbons (Fsp3) is 0.375. The van der Waals surface area contributed by atoms with E-state index in [0.29, 0.717) is 12.4 Å². The van der Waals surface area contributed by atoms with Crippen LogP contribution in [0.5, 0.6) is 5.88 Å². The lowest BCUT2D eigenvalue weighted by atomic mass is 10.2. The Bertz CT molecular complexity index is 251. The van der Waals surface area contributed by atoms with Gasteiger partial charge in [0.15, 0.2) is 0 Å². The van der Waals surface area contributed by atoms with Crippen molar-refractivity contribution in [3.8, 4) is 5.88 Å². The topological polar surface area (TPSA) is 45.6 Å². The monoisotopic (exact) mass is 168 g/mol. The molecule has 0 aliphatic carbocycles. The van der Waals surface area contributed by atoms with E-state index in [1.54, 1.807) is 26.4 Å². The molecule has 1 aromatic rings. The molecule has 4 heteroatoms. The number of ether oxygens (including phenoxy) is 1. The fourth-order valence-electron chi connectivity index (χ4n) is 0.925. The molecule has 0 radical (unpaired) electrons. The standard InChI is InChI=1S/C8H12N2O2/c1-10(11)6-7-3-4-9-8(5-7)12-2/h3-5,11H,6H2,1-2H3. The molecule has 1 aromatic heterocycles. The van der Waals surface area contributed by atoms with E-state index in [2.05, 4.69) is 4.98 Å². The van der Waals surface area contributed by atoms with Crippen molar-refractivity contribution in [2.45, 2.75) is 6.54 Å². The Morgan fingerprint density at radius 1 is 1.67 bits per heavy atom. The number of hydrogen-bond donors (Lipinski definition) is 1. The van der Waals surface area contributed by atoms with Crippen LogP contribution in [0, 0.1) is 0 Å². The summed E-state index contributed by atoms with van der Waals surface area (Å²) in [4.78, 5) is 3.94. The first-order valence-electron chi connectivity index (χ1n) is 3.61. The highest BCUT2D eigenvalue weighted by Crippen LogP contribution is 2.09. The molecule has 12 heavy (non-hydrogen) atoms. The largest absolute Gasteiger partial charge is 0.481 e. The molecule has 0 saturated heterocycles. The molecular weight excluding hydrogens is 156 g/mol. The Hall–Kier alpha value is -1.13. The van der Waals surface area contributed by atoms with Crippen LogP contribution < -0.4 is 4.74 Å².